The van der Waals surface area contributed by atoms with Gasteiger partial charge in [-0.05, 0) is 57.8 Å². The molecule has 80 heavy (non-hydrogen) atoms. The van der Waals surface area contributed by atoms with Gasteiger partial charge in [0, 0.05) is 6.42 Å². The number of aliphatic hydroxyl groups is 1. The number of hydrogen-bond acceptors (Lipinski definition) is 6. The molecule has 0 fully saturated rings. The standard InChI is InChI=1S/C71H137N2O6P/c1-6-8-10-12-14-16-18-20-22-24-26-28-30-32-34-35-36-37-39-41-43-45-47-49-51-53-55-57-59-61-63-65-71(75)72-69(68-79-80(76,77)78-67-66-73(3,4)5)70(74)64-62-60-58-56-54-52-50-48-46-44-42-40-38-33-31-29-27-25-23-21-19-17-15-13-11-9-7-2/h18,20,24,26,30,32,62,64,69-70,74H,6-17,19,21-23,25,27-29,31,33-61,63,65-68H2,1-5H3,(H-,72,75,76,77)/b20-18-,26-24-,32-30-,64-62+. The summed E-state index contributed by atoms with van der Waals surface area (Å²) in [4.78, 5) is 25.6. The van der Waals surface area contributed by atoms with Crippen molar-refractivity contribution in [3.05, 3.63) is 48.6 Å². The lowest BCUT2D eigenvalue weighted by atomic mass is 10.0. The molecule has 9 heteroatoms. The van der Waals surface area contributed by atoms with E-state index in [0.717, 1.165) is 51.4 Å². The average Bonchev–Trinajstić information content (AvgIpc) is 3.42. The summed E-state index contributed by atoms with van der Waals surface area (Å²) >= 11 is 0. The van der Waals surface area contributed by atoms with E-state index in [0.29, 0.717) is 17.4 Å². The number of nitrogens with one attached hydrogen (secondary N) is 1. The highest BCUT2D eigenvalue weighted by atomic mass is 31.2. The number of amides is 1. The number of allylic oxidation sites excluding steroid dienone is 7. The van der Waals surface area contributed by atoms with Gasteiger partial charge in [0.05, 0.1) is 39.9 Å². The Balaban J connectivity index is 4.06. The van der Waals surface area contributed by atoms with Crippen molar-refractivity contribution in [3.8, 4) is 0 Å². The van der Waals surface area contributed by atoms with Crippen LogP contribution in [-0.4, -0.2) is 68.5 Å². The summed E-state index contributed by atoms with van der Waals surface area (Å²) in [5, 5.41) is 14.0. The first-order chi connectivity index (χ1) is 39.0. The molecule has 2 N–H and O–H groups in total. The van der Waals surface area contributed by atoms with Crippen LogP contribution in [0.4, 0.5) is 0 Å². The summed E-state index contributed by atoms with van der Waals surface area (Å²) < 4.78 is 23.5. The number of rotatable bonds is 65. The number of hydrogen-bond donors (Lipinski definition) is 2. The van der Waals surface area contributed by atoms with Crippen molar-refractivity contribution in [2.75, 3.05) is 40.9 Å². The molecule has 0 bridgehead atoms. The van der Waals surface area contributed by atoms with Crippen LogP contribution in [0, 0.1) is 0 Å². The molecule has 0 aliphatic heterocycles. The number of unbranched alkanes of at least 4 members (excludes halogenated alkanes) is 46. The maximum Gasteiger partial charge on any atom is 0.268 e. The summed E-state index contributed by atoms with van der Waals surface area (Å²) in [5.74, 6) is -0.192. The molecule has 472 valence electrons. The molecule has 3 atom stereocenters. The molecule has 0 aromatic rings. The molecule has 0 saturated carbocycles. The minimum absolute atomic E-state index is 0.000244. The third kappa shape index (κ3) is 64.0. The fourth-order valence-corrected chi connectivity index (χ4v) is 11.3. The average molecular weight is 1150 g/mol. The van der Waals surface area contributed by atoms with E-state index in [1.54, 1.807) is 6.08 Å². The molecule has 0 saturated heterocycles. The summed E-state index contributed by atoms with van der Waals surface area (Å²) in [6.45, 7) is 4.69. The fraction of sp³-hybridized carbons (Fsp3) is 0.873. The topological polar surface area (TPSA) is 108 Å². The molecule has 0 spiro atoms. The van der Waals surface area contributed by atoms with Gasteiger partial charge in [-0.1, -0.05) is 332 Å². The SMILES string of the molecule is CCCCCCC/C=C\C/C=C\C/C=C\CCCCCCCCCCCCCCCCCCC(=O)NC(COP(=O)([O-])OCC[N+](C)(C)C)C(O)/C=C/CCCCCCCCCCCCCCCCCCCCCCCCCCC. The second-order valence-electron chi connectivity index (χ2n) is 25.2. The third-order valence-electron chi connectivity index (χ3n) is 16.0. The number of phosphoric acid groups is 1. The maximum absolute atomic E-state index is 13.0. The normalized spacial score (nSPS) is 13.9. The van der Waals surface area contributed by atoms with Crippen LogP contribution in [0.25, 0.3) is 0 Å². The van der Waals surface area contributed by atoms with E-state index in [4.69, 9.17) is 9.05 Å². The Hall–Kier alpha value is -1.54. The van der Waals surface area contributed by atoms with Crippen LogP contribution in [0.5, 0.6) is 0 Å². The van der Waals surface area contributed by atoms with Gasteiger partial charge in [-0.2, -0.15) is 0 Å². The van der Waals surface area contributed by atoms with Crippen LogP contribution in [0.1, 0.15) is 348 Å². The highest BCUT2D eigenvalue weighted by Gasteiger charge is 2.23. The van der Waals surface area contributed by atoms with E-state index in [-0.39, 0.29) is 19.1 Å². The van der Waals surface area contributed by atoms with Gasteiger partial charge in [-0.15, -0.1) is 0 Å². The summed E-state index contributed by atoms with van der Waals surface area (Å²) in [6, 6.07) is -0.889. The molecule has 0 aliphatic carbocycles. The molecule has 3 unspecified atom stereocenters. The van der Waals surface area contributed by atoms with Gasteiger partial charge in [0.1, 0.15) is 13.2 Å². The molecule has 0 aliphatic rings. The Bertz CT molecular complexity index is 1440. The number of nitrogens with zero attached hydrogens (tertiary/aromatic N) is 1. The number of quaternary nitrogens is 1. The number of carbonyl (C=O) groups excluding carboxylic acids is 1. The molecule has 0 aromatic carbocycles. The maximum atomic E-state index is 13.0. The zero-order valence-corrected chi connectivity index (χ0v) is 54.9. The zero-order chi connectivity index (χ0) is 58.4. The number of carbonyl (C=O) groups is 1. The van der Waals surface area contributed by atoms with Gasteiger partial charge in [0.25, 0.3) is 7.82 Å². The number of phosphoric ester groups is 1. The third-order valence-corrected chi connectivity index (χ3v) is 17.0. The molecule has 8 nitrogen and oxygen atoms in total. The Morgan fingerprint density at radius 1 is 0.438 bits per heavy atom. The second kappa shape index (κ2) is 62.0. The van der Waals surface area contributed by atoms with Crippen molar-refractivity contribution >= 4 is 13.7 Å². The predicted molar refractivity (Wildman–Crippen MR) is 348 cm³/mol. The monoisotopic (exact) mass is 1150 g/mol. The minimum atomic E-state index is -4.60. The largest absolute Gasteiger partial charge is 0.756 e. The summed E-state index contributed by atoms with van der Waals surface area (Å²) in [7, 11) is 1.27. The van der Waals surface area contributed by atoms with E-state index < -0.39 is 20.0 Å². The molecule has 0 radical (unpaired) electrons. The highest BCUT2D eigenvalue weighted by molar-refractivity contribution is 7.45. The van der Waals surface area contributed by atoms with Crippen molar-refractivity contribution in [1.82, 2.24) is 5.32 Å². The summed E-state index contributed by atoms with van der Waals surface area (Å²) in [6.07, 6.45) is 83.7. The highest BCUT2D eigenvalue weighted by Crippen LogP contribution is 2.38. The second-order valence-corrected chi connectivity index (χ2v) is 26.7. The fourth-order valence-electron chi connectivity index (χ4n) is 10.6. The van der Waals surface area contributed by atoms with Crippen LogP contribution in [-0.2, 0) is 18.4 Å². The van der Waals surface area contributed by atoms with Crippen LogP contribution in [0.2, 0.25) is 0 Å². The molecule has 0 rings (SSSR count). The Kier molecular flexibility index (Phi) is 60.8. The minimum Gasteiger partial charge on any atom is -0.756 e. The van der Waals surface area contributed by atoms with Crippen LogP contribution in [0.3, 0.4) is 0 Å². The first kappa shape index (κ1) is 78.5. The van der Waals surface area contributed by atoms with Crippen molar-refractivity contribution in [2.24, 2.45) is 0 Å². The van der Waals surface area contributed by atoms with Gasteiger partial charge in [-0.3, -0.25) is 9.36 Å². The van der Waals surface area contributed by atoms with Gasteiger partial charge < -0.3 is 28.8 Å². The molecule has 1 amide bonds. The van der Waals surface area contributed by atoms with E-state index in [1.807, 2.05) is 27.2 Å². The number of likely N-dealkylation sites (N-methyl/N-ethyl adjacent to an activating group) is 1. The lowest BCUT2D eigenvalue weighted by Gasteiger charge is -2.29. The predicted octanol–water partition coefficient (Wildman–Crippen LogP) is 21.6. The van der Waals surface area contributed by atoms with E-state index >= 15 is 0 Å². The van der Waals surface area contributed by atoms with E-state index in [9.17, 15) is 19.4 Å². The quantitative estimate of drug-likeness (QED) is 0.0272. The smallest absolute Gasteiger partial charge is 0.268 e. The first-order valence-corrected chi connectivity index (χ1v) is 36.5. The van der Waals surface area contributed by atoms with Gasteiger partial charge in [-0.25, -0.2) is 0 Å². The molecule has 0 heterocycles. The number of aliphatic hydroxyl groups excluding tert-OH is 1. The van der Waals surface area contributed by atoms with Crippen LogP contribution in [0.15, 0.2) is 48.6 Å². The van der Waals surface area contributed by atoms with Crippen LogP contribution >= 0.6 is 7.82 Å². The Labute approximate surface area is 499 Å². The van der Waals surface area contributed by atoms with Crippen molar-refractivity contribution in [2.45, 2.75) is 360 Å². The van der Waals surface area contributed by atoms with Gasteiger partial charge in [0.2, 0.25) is 5.91 Å². The van der Waals surface area contributed by atoms with E-state index in [2.05, 4.69) is 55.6 Å². The lowest BCUT2D eigenvalue weighted by Crippen LogP contribution is -2.45. The van der Waals surface area contributed by atoms with Gasteiger partial charge >= 0.3 is 0 Å². The van der Waals surface area contributed by atoms with Gasteiger partial charge in [0.15, 0.2) is 0 Å². The Morgan fingerprint density at radius 2 is 0.725 bits per heavy atom. The van der Waals surface area contributed by atoms with E-state index in [1.165, 1.54) is 276 Å². The zero-order valence-electron chi connectivity index (χ0n) is 54.0. The summed E-state index contributed by atoms with van der Waals surface area (Å²) in [5.41, 5.74) is 0. The van der Waals surface area contributed by atoms with Crippen molar-refractivity contribution < 1.29 is 32.9 Å². The van der Waals surface area contributed by atoms with Crippen molar-refractivity contribution in [3.63, 3.8) is 0 Å². The Morgan fingerprint density at radius 3 is 1.05 bits per heavy atom. The first-order valence-electron chi connectivity index (χ1n) is 35.0. The molecule has 0 aromatic heterocycles. The van der Waals surface area contributed by atoms with Crippen LogP contribution < -0.4 is 10.2 Å². The van der Waals surface area contributed by atoms with Crippen molar-refractivity contribution in [1.29, 1.82) is 0 Å². The molecular formula is C71H137N2O6P. The molecular weight excluding hydrogens is 1010 g/mol. The lowest BCUT2D eigenvalue weighted by molar-refractivity contribution is -0.870.